The number of hydrogen-bond donors (Lipinski definition) is 3. The van der Waals surface area contributed by atoms with Crippen molar-refractivity contribution in [3.05, 3.63) is 83.6 Å². The smallest absolute Gasteiger partial charge is 0.290 e. The van der Waals surface area contributed by atoms with E-state index < -0.39 is 0 Å². The molecule has 4 N–H and O–H groups in total. The minimum atomic E-state index is -0.250. The van der Waals surface area contributed by atoms with Crippen LogP contribution in [0.15, 0.2) is 66.9 Å². The molecule has 0 radical (unpaired) electrons. The third-order valence-electron chi connectivity index (χ3n) is 4.31. The highest BCUT2D eigenvalue weighted by atomic mass is 16.3. The predicted octanol–water partition coefficient (Wildman–Crippen LogP) is 4.77. The van der Waals surface area contributed by atoms with Gasteiger partial charge in [-0.05, 0) is 68.9 Å². The molecule has 5 nitrogen and oxygen atoms in total. The van der Waals surface area contributed by atoms with Crippen molar-refractivity contribution in [1.29, 1.82) is 0 Å². The summed E-state index contributed by atoms with van der Waals surface area (Å²) in [4.78, 5) is 18.8. The number of aryl methyl sites for hydroxylation is 3. The summed E-state index contributed by atoms with van der Waals surface area (Å²) in [5, 5.41) is 9.70. The van der Waals surface area contributed by atoms with Gasteiger partial charge in [0, 0.05) is 11.7 Å². The largest absolute Gasteiger partial charge is 0.483 e. The summed E-state index contributed by atoms with van der Waals surface area (Å²) in [6, 6.07) is 15.5. The molecular weight excluding hydrogens is 376 g/mol. The van der Waals surface area contributed by atoms with Crippen molar-refractivity contribution in [2.45, 2.75) is 46.6 Å². The highest BCUT2D eigenvalue weighted by molar-refractivity contribution is 5.65. The fourth-order valence-corrected chi connectivity index (χ4v) is 2.62. The second-order valence-corrected chi connectivity index (χ2v) is 6.98. The molecule has 0 bridgehead atoms. The van der Waals surface area contributed by atoms with Gasteiger partial charge >= 0.3 is 0 Å². The van der Waals surface area contributed by atoms with E-state index in [0.717, 1.165) is 24.9 Å². The van der Waals surface area contributed by atoms with Crippen LogP contribution in [0.5, 0.6) is 0 Å². The van der Waals surface area contributed by atoms with Gasteiger partial charge in [-0.15, -0.1) is 0 Å². The summed E-state index contributed by atoms with van der Waals surface area (Å²) in [6.45, 7) is 11.3. The molecule has 0 aromatic heterocycles. The third kappa shape index (κ3) is 11.5. The number of nitrogens with one attached hydrogen (secondary N) is 1. The number of rotatable bonds is 7. The minimum Gasteiger partial charge on any atom is -0.483 e. The fraction of sp³-hybridized carbons (Fsp3) is 0.280. The maximum absolute atomic E-state index is 10.4. The lowest BCUT2D eigenvalue weighted by molar-refractivity contribution is -0.122. The van der Waals surface area contributed by atoms with Crippen LogP contribution in [0.25, 0.3) is 11.1 Å². The number of amides is 1. The topological polar surface area (TPSA) is 92.4 Å². The lowest BCUT2D eigenvalue weighted by atomic mass is 9.96. The van der Waals surface area contributed by atoms with Gasteiger partial charge in [0.2, 0.25) is 6.41 Å². The van der Waals surface area contributed by atoms with Crippen LogP contribution < -0.4 is 11.1 Å². The van der Waals surface area contributed by atoms with Gasteiger partial charge in [-0.1, -0.05) is 60.7 Å². The Hall–Kier alpha value is -3.34. The van der Waals surface area contributed by atoms with Gasteiger partial charge in [0.15, 0.2) is 0 Å². The molecule has 2 rings (SSSR count). The molecule has 162 valence electrons. The molecule has 0 aliphatic carbocycles. The van der Waals surface area contributed by atoms with Crippen LogP contribution in [0.3, 0.4) is 0 Å². The maximum Gasteiger partial charge on any atom is 0.290 e. The second kappa shape index (κ2) is 15.6. The summed E-state index contributed by atoms with van der Waals surface area (Å²) >= 11 is 0. The van der Waals surface area contributed by atoms with Gasteiger partial charge in [0.25, 0.3) is 6.47 Å². The van der Waals surface area contributed by atoms with Crippen LogP contribution >= 0.6 is 0 Å². The van der Waals surface area contributed by atoms with E-state index in [2.05, 4.69) is 68.2 Å². The molecule has 0 aliphatic rings. The first-order valence-electron chi connectivity index (χ1n) is 9.77. The first kappa shape index (κ1) is 26.7. The zero-order valence-corrected chi connectivity index (χ0v) is 18.4. The van der Waals surface area contributed by atoms with Gasteiger partial charge in [0.1, 0.15) is 0 Å². The molecule has 0 saturated carbocycles. The van der Waals surface area contributed by atoms with Gasteiger partial charge in [-0.3, -0.25) is 9.59 Å². The summed E-state index contributed by atoms with van der Waals surface area (Å²) < 4.78 is 0. The Morgan fingerprint density at radius 3 is 2.17 bits per heavy atom. The van der Waals surface area contributed by atoms with Crippen molar-refractivity contribution >= 4 is 12.9 Å². The van der Waals surface area contributed by atoms with E-state index in [1.165, 1.54) is 27.8 Å². The highest BCUT2D eigenvalue weighted by Gasteiger charge is 2.06. The number of carbonyl (C=O) groups excluding carboxylic acids is 1. The molecule has 30 heavy (non-hydrogen) atoms. The molecular formula is C25H34N2O3. The van der Waals surface area contributed by atoms with Gasteiger partial charge in [-0.25, -0.2) is 0 Å². The molecule has 1 atom stereocenters. The molecule has 0 unspecified atom stereocenters. The summed E-state index contributed by atoms with van der Waals surface area (Å²) in [5.41, 5.74) is 12.4. The Kier molecular flexibility index (Phi) is 13.8. The van der Waals surface area contributed by atoms with Crippen molar-refractivity contribution in [3.8, 4) is 11.1 Å². The standard InChI is InChI=1S/C19H23NO.C5H9N.CH2O2/c1-14-4-8-17(9-5-14)19-10-6-15(2)18(12-19)11-7-16(3)20-13-21;1-3-4-5(2)6;2-1-3/h4-6,8-10,12-13,16H,7,11H2,1-3H3,(H,20,21);3-4H,1,6H2,2H3;1H,(H,2,3)/b;5-4+;/t16-;;/m0../s1. The maximum atomic E-state index is 10.4. The lowest BCUT2D eigenvalue weighted by Gasteiger charge is -2.13. The first-order chi connectivity index (χ1) is 14.3. The van der Waals surface area contributed by atoms with Crippen molar-refractivity contribution in [2.24, 2.45) is 5.73 Å². The van der Waals surface area contributed by atoms with E-state index in [1.807, 2.05) is 13.8 Å². The van der Waals surface area contributed by atoms with Crippen LogP contribution in [-0.2, 0) is 16.0 Å². The number of carboxylic acid groups (broad SMARTS) is 1. The lowest BCUT2D eigenvalue weighted by Crippen LogP contribution is -2.24. The van der Waals surface area contributed by atoms with Gasteiger partial charge in [0.05, 0.1) is 0 Å². The van der Waals surface area contributed by atoms with Gasteiger partial charge in [-0.2, -0.15) is 0 Å². The number of hydrogen-bond acceptors (Lipinski definition) is 3. The van der Waals surface area contributed by atoms with Crippen LogP contribution in [0, 0.1) is 13.8 Å². The molecule has 0 heterocycles. The number of carbonyl (C=O) groups is 2. The Balaban J connectivity index is 0.000000791. The predicted molar refractivity (Wildman–Crippen MR) is 125 cm³/mol. The molecule has 0 fully saturated rings. The normalized spacial score (nSPS) is 11.0. The Labute approximate surface area is 180 Å². The fourth-order valence-electron chi connectivity index (χ4n) is 2.62. The zero-order valence-electron chi connectivity index (χ0n) is 18.4. The molecule has 1 amide bonds. The highest BCUT2D eigenvalue weighted by Crippen LogP contribution is 2.23. The summed E-state index contributed by atoms with van der Waals surface area (Å²) in [5.74, 6) is 0. The number of allylic oxidation sites excluding steroid dienone is 3. The Morgan fingerprint density at radius 2 is 1.70 bits per heavy atom. The first-order valence-corrected chi connectivity index (χ1v) is 9.77. The van der Waals surface area contributed by atoms with Crippen molar-refractivity contribution in [1.82, 2.24) is 5.32 Å². The van der Waals surface area contributed by atoms with E-state index in [-0.39, 0.29) is 12.5 Å². The average Bonchev–Trinajstić information content (AvgIpc) is 2.69. The SMILES string of the molecule is C=C/C=C(\C)N.Cc1ccc(-c2ccc(C)c(CC[C@H](C)NC=O)c2)cc1.O=CO. The Morgan fingerprint density at radius 1 is 1.13 bits per heavy atom. The average molecular weight is 411 g/mol. The molecule has 0 spiro atoms. The zero-order chi connectivity index (χ0) is 22.9. The summed E-state index contributed by atoms with van der Waals surface area (Å²) in [6.07, 6.45) is 6.13. The van der Waals surface area contributed by atoms with Crippen LogP contribution in [0.4, 0.5) is 0 Å². The van der Waals surface area contributed by atoms with E-state index in [1.54, 1.807) is 12.2 Å². The van der Waals surface area contributed by atoms with Crippen LogP contribution in [0.1, 0.15) is 37.0 Å². The monoisotopic (exact) mass is 410 g/mol. The Bertz CT molecular complexity index is 808. The quantitative estimate of drug-likeness (QED) is 0.453. The van der Waals surface area contributed by atoms with Crippen molar-refractivity contribution in [2.75, 3.05) is 0 Å². The molecule has 0 saturated heterocycles. The third-order valence-corrected chi connectivity index (χ3v) is 4.31. The molecule has 2 aromatic rings. The van der Waals surface area contributed by atoms with E-state index >= 15 is 0 Å². The molecule has 0 aliphatic heterocycles. The molecule has 5 heteroatoms. The van der Waals surface area contributed by atoms with Crippen molar-refractivity contribution < 1.29 is 14.7 Å². The van der Waals surface area contributed by atoms with Gasteiger partial charge < -0.3 is 16.2 Å². The number of benzene rings is 2. The van der Waals surface area contributed by atoms with Crippen molar-refractivity contribution in [3.63, 3.8) is 0 Å². The number of nitrogens with two attached hydrogens (primary N) is 1. The minimum absolute atomic E-state index is 0.213. The van der Waals surface area contributed by atoms with E-state index in [0.29, 0.717) is 0 Å². The second-order valence-electron chi connectivity index (χ2n) is 6.98. The van der Waals surface area contributed by atoms with E-state index in [4.69, 9.17) is 15.6 Å². The molecule has 2 aromatic carbocycles. The van der Waals surface area contributed by atoms with E-state index in [9.17, 15) is 4.79 Å². The van der Waals surface area contributed by atoms with Crippen LogP contribution in [-0.4, -0.2) is 24.0 Å². The van der Waals surface area contributed by atoms with Crippen LogP contribution in [0.2, 0.25) is 0 Å². The summed E-state index contributed by atoms with van der Waals surface area (Å²) in [7, 11) is 0.